The zero-order valence-corrected chi connectivity index (χ0v) is 14.7. The number of carbonyl (C=O) groups excluding carboxylic acids is 1. The Kier molecular flexibility index (Phi) is 4.33. The molecule has 0 aliphatic heterocycles. The standard InChI is InChI=1S/C20H18N4O3/c1-12-16(22-19(27-12)14-5-3-2-4-6-14)10-18(25)21-11-13-7-8-15-17(9-13)24-20(26)23-15/h2-9H,10-11H2,1H3,(H,21,25)(H2,23,24,26). The molecule has 2 aromatic carbocycles. The number of rotatable bonds is 5. The van der Waals surface area contributed by atoms with Crippen LogP contribution in [0.4, 0.5) is 0 Å². The van der Waals surface area contributed by atoms with Gasteiger partial charge < -0.3 is 19.7 Å². The summed E-state index contributed by atoms with van der Waals surface area (Å²) in [6.07, 6.45) is 0.144. The van der Waals surface area contributed by atoms with Gasteiger partial charge in [0.1, 0.15) is 5.76 Å². The summed E-state index contributed by atoms with van der Waals surface area (Å²) in [5.74, 6) is 1.00. The third kappa shape index (κ3) is 3.67. The molecule has 0 bridgehead atoms. The van der Waals surface area contributed by atoms with E-state index in [1.165, 1.54) is 0 Å². The molecular weight excluding hydrogens is 344 g/mol. The number of aromatic amines is 2. The molecule has 0 radical (unpaired) electrons. The van der Waals surface area contributed by atoms with Crippen LogP contribution >= 0.6 is 0 Å². The van der Waals surface area contributed by atoms with Crippen LogP contribution in [0.15, 0.2) is 57.7 Å². The summed E-state index contributed by atoms with van der Waals surface area (Å²) in [4.78, 5) is 33.4. The van der Waals surface area contributed by atoms with Crippen LogP contribution in [0.5, 0.6) is 0 Å². The lowest BCUT2D eigenvalue weighted by Gasteiger charge is -2.04. The van der Waals surface area contributed by atoms with Crippen molar-refractivity contribution < 1.29 is 9.21 Å². The average molecular weight is 362 g/mol. The molecule has 4 aromatic rings. The van der Waals surface area contributed by atoms with Gasteiger partial charge in [0.25, 0.3) is 0 Å². The van der Waals surface area contributed by atoms with Crippen molar-refractivity contribution in [3.63, 3.8) is 0 Å². The van der Waals surface area contributed by atoms with E-state index in [0.717, 1.165) is 16.6 Å². The van der Waals surface area contributed by atoms with Crippen LogP contribution in [0.3, 0.4) is 0 Å². The van der Waals surface area contributed by atoms with Gasteiger partial charge in [0, 0.05) is 12.1 Å². The highest BCUT2D eigenvalue weighted by Crippen LogP contribution is 2.21. The topological polar surface area (TPSA) is 104 Å². The molecule has 0 atom stereocenters. The number of oxazole rings is 1. The predicted octanol–water partition coefficient (Wildman–Crippen LogP) is 2.68. The molecule has 0 fully saturated rings. The molecule has 2 heterocycles. The van der Waals surface area contributed by atoms with Crippen LogP contribution in [0.2, 0.25) is 0 Å². The first-order chi connectivity index (χ1) is 13.1. The fourth-order valence-electron chi connectivity index (χ4n) is 2.90. The molecule has 4 rings (SSSR count). The van der Waals surface area contributed by atoms with Gasteiger partial charge >= 0.3 is 5.69 Å². The predicted molar refractivity (Wildman–Crippen MR) is 101 cm³/mol. The maximum atomic E-state index is 12.3. The first kappa shape index (κ1) is 16.8. The fraction of sp³-hybridized carbons (Fsp3) is 0.150. The van der Waals surface area contributed by atoms with Gasteiger partial charge in [-0.1, -0.05) is 24.3 Å². The van der Waals surface area contributed by atoms with E-state index in [1.807, 2.05) is 48.5 Å². The number of fused-ring (bicyclic) bond motifs is 1. The minimum atomic E-state index is -0.248. The van der Waals surface area contributed by atoms with Gasteiger partial charge in [-0.25, -0.2) is 9.78 Å². The normalized spacial score (nSPS) is 11.0. The van der Waals surface area contributed by atoms with E-state index in [0.29, 0.717) is 29.4 Å². The van der Waals surface area contributed by atoms with Crippen LogP contribution in [-0.2, 0) is 17.8 Å². The van der Waals surface area contributed by atoms with Crippen molar-refractivity contribution in [1.29, 1.82) is 0 Å². The largest absolute Gasteiger partial charge is 0.441 e. The Morgan fingerprint density at radius 2 is 1.89 bits per heavy atom. The number of aromatic nitrogens is 3. The first-order valence-corrected chi connectivity index (χ1v) is 8.58. The average Bonchev–Trinajstić information content (AvgIpc) is 3.22. The number of H-pyrrole nitrogens is 2. The van der Waals surface area contributed by atoms with Gasteiger partial charge in [0.2, 0.25) is 11.8 Å². The number of nitrogens with one attached hydrogen (secondary N) is 3. The number of nitrogens with zero attached hydrogens (tertiary/aromatic N) is 1. The van der Waals surface area contributed by atoms with Gasteiger partial charge in [-0.15, -0.1) is 0 Å². The second-order valence-electron chi connectivity index (χ2n) is 6.30. The van der Waals surface area contributed by atoms with Crippen LogP contribution in [0.25, 0.3) is 22.5 Å². The maximum Gasteiger partial charge on any atom is 0.323 e. The summed E-state index contributed by atoms with van der Waals surface area (Å²) in [5.41, 5.74) is 3.60. The summed E-state index contributed by atoms with van der Waals surface area (Å²) >= 11 is 0. The Morgan fingerprint density at radius 3 is 2.70 bits per heavy atom. The molecule has 1 amide bonds. The van der Waals surface area contributed by atoms with E-state index in [-0.39, 0.29) is 18.0 Å². The Balaban J connectivity index is 1.41. The molecule has 27 heavy (non-hydrogen) atoms. The number of hydrogen-bond donors (Lipinski definition) is 3. The monoisotopic (exact) mass is 362 g/mol. The van der Waals surface area contributed by atoms with Crippen molar-refractivity contribution in [2.75, 3.05) is 0 Å². The van der Waals surface area contributed by atoms with Gasteiger partial charge in [0.05, 0.1) is 23.1 Å². The highest BCUT2D eigenvalue weighted by molar-refractivity contribution is 5.79. The summed E-state index contributed by atoms with van der Waals surface area (Å²) < 4.78 is 5.69. The van der Waals surface area contributed by atoms with E-state index in [9.17, 15) is 9.59 Å². The van der Waals surface area contributed by atoms with E-state index in [1.54, 1.807) is 6.92 Å². The molecule has 7 heteroatoms. The molecule has 3 N–H and O–H groups in total. The summed E-state index contributed by atoms with van der Waals surface area (Å²) in [5, 5.41) is 2.87. The molecule has 0 unspecified atom stereocenters. The van der Waals surface area contributed by atoms with Gasteiger partial charge in [-0.2, -0.15) is 0 Å². The molecule has 0 aliphatic rings. The Bertz CT molecular complexity index is 1150. The van der Waals surface area contributed by atoms with Crippen LogP contribution in [0, 0.1) is 6.92 Å². The second-order valence-corrected chi connectivity index (χ2v) is 6.30. The molecule has 0 saturated heterocycles. The number of imidazole rings is 1. The molecule has 136 valence electrons. The van der Waals surface area contributed by atoms with Crippen molar-refractivity contribution in [2.24, 2.45) is 0 Å². The van der Waals surface area contributed by atoms with Gasteiger partial charge in [0.15, 0.2) is 0 Å². The maximum absolute atomic E-state index is 12.3. The second kappa shape index (κ2) is 6.95. The Morgan fingerprint density at radius 1 is 1.11 bits per heavy atom. The zero-order valence-electron chi connectivity index (χ0n) is 14.7. The smallest absolute Gasteiger partial charge is 0.323 e. The van der Waals surface area contributed by atoms with E-state index >= 15 is 0 Å². The lowest BCUT2D eigenvalue weighted by Crippen LogP contribution is -2.24. The number of aryl methyl sites for hydroxylation is 1. The summed E-state index contributed by atoms with van der Waals surface area (Å²) in [6.45, 7) is 2.17. The Labute approximate surface area is 154 Å². The van der Waals surface area contributed by atoms with Crippen LogP contribution in [-0.4, -0.2) is 20.9 Å². The highest BCUT2D eigenvalue weighted by Gasteiger charge is 2.14. The molecular formula is C20H18N4O3. The quantitative estimate of drug-likeness (QED) is 0.508. The fourth-order valence-corrected chi connectivity index (χ4v) is 2.90. The highest BCUT2D eigenvalue weighted by atomic mass is 16.4. The van der Waals surface area contributed by atoms with Crippen molar-refractivity contribution in [3.05, 3.63) is 76.0 Å². The van der Waals surface area contributed by atoms with Crippen molar-refractivity contribution >= 4 is 16.9 Å². The number of amides is 1. The molecule has 7 nitrogen and oxygen atoms in total. The molecule has 0 aliphatic carbocycles. The zero-order chi connectivity index (χ0) is 18.8. The van der Waals surface area contributed by atoms with Crippen LogP contribution < -0.4 is 11.0 Å². The lowest BCUT2D eigenvalue weighted by molar-refractivity contribution is -0.120. The number of carbonyl (C=O) groups is 1. The SMILES string of the molecule is Cc1oc(-c2ccccc2)nc1CC(=O)NCc1ccc2[nH]c(=O)[nH]c2c1. The minimum absolute atomic E-state index is 0.144. The Hall–Kier alpha value is -3.61. The van der Waals surface area contributed by atoms with Crippen molar-refractivity contribution in [2.45, 2.75) is 19.9 Å². The first-order valence-electron chi connectivity index (χ1n) is 8.58. The van der Waals surface area contributed by atoms with E-state index in [4.69, 9.17) is 4.42 Å². The molecule has 0 saturated carbocycles. The summed E-state index contributed by atoms with van der Waals surface area (Å²) in [7, 11) is 0. The minimum Gasteiger partial charge on any atom is -0.441 e. The molecule has 0 spiro atoms. The van der Waals surface area contributed by atoms with E-state index < -0.39 is 0 Å². The number of benzene rings is 2. The van der Waals surface area contributed by atoms with Gasteiger partial charge in [-0.3, -0.25) is 4.79 Å². The third-order valence-electron chi connectivity index (χ3n) is 4.31. The van der Waals surface area contributed by atoms with Crippen molar-refractivity contribution in [1.82, 2.24) is 20.3 Å². The van der Waals surface area contributed by atoms with Gasteiger partial charge in [-0.05, 0) is 36.8 Å². The summed E-state index contributed by atoms with van der Waals surface area (Å²) in [6, 6.07) is 15.1. The van der Waals surface area contributed by atoms with Crippen LogP contribution in [0.1, 0.15) is 17.0 Å². The number of hydrogen-bond acceptors (Lipinski definition) is 4. The van der Waals surface area contributed by atoms with E-state index in [2.05, 4.69) is 20.3 Å². The molecule has 2 aromatic heterocycles. The van der Waals surface area contributed by atoms with Crippen molar-refractivity contribution in [3.8, 4) is 11.5 Å². The third-order valence-corrected chi connectivity index (χ3v) is 4.31. The lowest BCUT2D eigenvalue weighted by atomic mass is 10.2.